The molecule has 0 saturated heterocycles. The summed E-state index contributed by atoms with van der Waals surface area (Å²) in [4.78, 5) is 37.2. The van der Waals surface area contributed by atoms with E-state index in [-0.39, 0.29) is 29.4 Å². The molecule has 0 spiro atoms. The lowest BCUT2D eigenvalue weighted by Crippen LogP contribution is -2.35. The molecule has 9 nitrogen and oxygen atoms in total. The summed E-state index contributed by atoms with van der Waals surface area (Å²) in [5.74, 6) is -0.241. The maximum Gasteiger partial charge on any atom is 0.294 e. The number of furan rings is 1. The van der Waals surface area contributed by atoms with E-state index in [1.807, 2.05) is 13.8 Å². The number of carbonyl (C=O) groups excluding carboxylic acids is 2. The zero-order valence-corrected chi connectivity index (χ0v) is 21.1. The lowest BCUT2D eigenvalue weighted by molar-refractivity contribution is -0.121. The minimum atomic E-state index is -0.559. The molecule has 0 radical (unpaired) electrons. The van der Waals surface area contributed by atoms with E-state index in [9.17, 15) is 9.59 Å². The molecule has 3 heterocycles. The summed E-state index contributed by atoms with van der Waals surface area (Å²) in [5.41, 5.74) is 0.940. The van der Waals surface area contributed by atoms with Crippen molar-refractivity contribution in [3.63, 3.8) is 0 Å². The smallest absolute Gasteiger partial charge is 0.294 e. The Bertz CT molecular complexity index is 1200. The van der Waals surface area contributed by atoms with Crippen molar-refractivity contribution in [2.45, 2.75) is 51.7 Å². The average molecular weight is 500 g/mol. The van der Waals surface area contributed by atoms with Gasteiger partial charge in [-0.1, -0.05) is 11.6 Å². The molecule has 1 aliphatic rings. The van der Waals surface area contributed by atoms with Crippen LogP contribution in [0.3, 0.4) is 0 Å². The Kier molecular flexibility index (Phi) is 7.57. The molecular formula is C25H30ClN5O4. The van der Waals surface area contributed by atoms with Crippen LogP contribution in [0.25, 0.3) is 11.1 Å². The maximum atomic E-state index is 13.2. The van der Waals surface area contributed by atoms with Crippen molar-refractivity contribution in [3.8, 4) is 5.88 Å². The van der Waals surface area contributed by atoms with Crippen molar-refractivity contribution in [2.24, 2.45) is 5.92 Å². The second kappa shape index (κ2) is 10.6. The number of hydrogen-bond acceptors (Lipinski definition) is 7. The minimum absolute atomic E-state index is 0.0544. The summed E-state index contributed by atoms with van der Waals surface area (Å²) >= 11 is 5.89. The van der Waals surface area contributed by atoms with Gasteiger partial charge in [0.15, 0.2) is 5.58 Å². The van der Waals surface area contributed by atoms with Crippen molar-refractivity contribution in [1.29, 1.82) is 0 Å². The third kappa shape index (κ3) is 5.91. The molecule has 0 bridgehead atoms. The molecule has 1 aliphatic carbocycles. The van der Waals surface area contributed by atoms with Gasteiger partial charge in [0.25, 0.3) is 5.91 Å². The molecule has 0 unspecified atom stereocenters. The van der Waals surface area contributed by atoms with Gasteiger partial charge in [0.1, 0.15) is 17.0 Å². The molecule has 35 heavy (non-hydrogen) atoms. The largest absolute Gasteiger partial charge is 0.475 e. The van der Waals surface area contributed by atoms with Gasteiger partial charge in [0.05, 0.1) is 11.1 Å². The monoisotopic (exact) mass is 499 g/mol. The van der Waals surface area contributed by atoms with E-state index in [1.54, 1.807) is 24.3 Å². The standard InChI is InChI=1S/C25H30ClN5O4/c1-14(2)34-20-12-10-18-21(29-20)22(30-24(32)15-5-8-17(9-6-15)31(3)4)23(35-18)25(33)28-19-11-7-16(26)13-27-19/h7,10-15,17H,5-6,8-9H2,1-4H3,(H,30,32)(H,27,28,33). The van der Waals surface area contributed by atoms with E-state index >= 15 is 0 Å². The third-order valence-electron chi connectivity index (χ3n) is 6.09. The Labute approximate surface area is 209 Å². The second-order valence-electron chi connectivity index (χ2n) is 9.24. The maximum absolute atomic E-state index is 13.2. The number of anilines is 2. The molecule has 10 heteroatoms. The number of pyridine rings is 2. The number of hydrogen-bond donors (Lipinski definition) is 2. The van der Waals surface area contributed by atoms with E-state index in [2.05, 4.69) is 39.6 Å². The highest BCUT2D eigenvalue weighted by atomic mass is 35.5. The van der Waals surface area contributed by atoms with Crippen molar-refractivity contribution >= 4 is 46.0 Å². The first-order valence-electron chi connectivity index (χ1n) is 11.7. The molecule has 4 rings (SSSR count). The van der Waals surface area contributed by atoms with E-state index in [0.29, 0.717) is 33.9 Å². The number of halogens is 1. The average Bonchev–Trinajstić information content (AvgIpc) is 3.18. The minimum Gasteiger partial charge on any atom is -0.475 e. The molecule has 0 atom stereocenters. The van der Waals surface area contributed by atoms with E-state index in [4.69, 9.17) is 20.8 Å². The SMILES string of the molecule is CC(C)Oc1ccc2oc(C(=O)Nc3ccc(Cl)cn3)c(NC(=O)C3CCC(N(C)C)CC3)c2n1. The number of ether oxygens (including phenoxy) is 1. The first-order chi connectivity index (χ1) is 16.7. The number of nitrogens with one attached hydrogen (secondary N) is 2. The Morgan fingerprint density at radius 2 is 1.86 bits per heavy atom. The van der Waals surface area contributed by atoms with Gasteiger partial charge in [-0.15, -0.1) is 0 Å². The number of aromatic nitrogens is 2. The second-order valence-corrected chi connectivity index (χ2v) is 9.68. The van der Waals surface area contributed by atoms with Crippen LogP contribution in [0.4, 0.5) is 11.5 Å². The highest BCUT2D eigenvalue weighted by Gasteiger charge is 2.30. The van der Waals surface area contributed by atoms with Crippen LogP contribution < -0.4 is 15.4 Å². The molecule has 2 amide bonds. The zero-order chi connectivity index (χ0) is 25.1. The van der Waals surface area contributed by atoms with Crippen LogP contribution in [-0.2, 0) is 4.79 Å². The van der Waals surface area contributed by atoms with Crippen molar-refractivity contribution in [1.82, 2.24) is 14.9 Å². The van der Waals surface area contributed by atoms with Gasteiger partial charge in [-0.2, -0.15) is 0 Å². The molecule has 3 aromatic heterocycles. The summed E-state index contributed by atoms with van der Waals surface area (Å²) < 4.78 is 11.6. The fraction of sp³-hybridized carbons (Fsp3) is 0.440. The zero-order valence-electron chi connectivity index (χ0n) is 20.3. The molecule has 3 aromatic rings. The van der Waals surface area contributed by atoms with Crippen LogP contribution in [0.2, 0.25) is 5.02 Å². The van der Waals surface area contributed by atoms with Gasteiger partial charge in [-0.05, 0) is 71.8 Å². The summed E-state index contributed by atoms with van der Waals surface area (Å²) in [5, 5.41) is 6.07. The van der Waals surface area contributed by atoms with Gasteiger partial charge >= 0.3 is 0 Å². The summed E-state index contributed by atoms with van der Waals surface area (Å²) in [6.07, 6.45) is 4.77. The first kappa shape index (κ1) is 24.9. The predicted molar refractivity (Wildman–Crippen MR) is 135 cm³/mol. The van der Waals surface area contributed by atoms with Crippen molar-refractivity contribution in [2.75, 3.05) is 24.7 Å². The summed E-state index contributed by atoms with van der Waals surface area (Å²) in [6.45, 7) is 3.79. The summed E-state index contributed by atoms with van der Waals surface area (Å²) in [6, 6.07) is 7.01. The highest BCUT2D eigenvalue weighted by Crippen LogP contribution is 2.34. The Morgan fingerprint density at radius 1 is 1.11 bits per heavy atom. The van der Waals surface area contributed by atoms with Crippen LogP contribution >= 0.6 is 11.6 Å². The molecule has 0 aliphatic heterocycles. The topological polar surface area (TPSA) is 110 Å². The number of nitrogens with zero attached hydrogens (tertiary/aromatic N) is 3. The fourth-order valence-corrected chi connectivity index (χ4v) is 4.36. The molecule has 0 aromatic carbocycles. The van der Waals surface area contributed by atoms with E-state index in [1.165, 1.54) is 6.20 Å². The van der Waals surface area contributed by atoms with Crippen LogP contribution in [0.15, 0.2) is 34.9 Å². The number of fused-ring (bicyclic) bond motifs is 1. The van der Waals surface area contributed by atoms with Crippen LogP contribution in [0, 0.1) is 5.92 Å². The van der Waals surface area contributed by atoms with E-state index in [0.717, 1.165) is 25.7 Å². The number of rotatable bonds is 7. The lowest BCUT2D eigenvalue weighted by Gasteiger charge is -2.31. The molecule has 186 valence electrons. The Hall–Kier alpha value is -3.17. The fourth-order valence-electron chi connectivity index (χ4n) is 4.24. The van der Waals surface area contributed by atoms with Gasteiger partial charge in [0, 0.05) is 24.2 Å². The van der Waals surface area contributed by atoms with Crippen molar-refractivity contribution < 1.29 is 18.7 Å². The highest BCUT2D eigenvalue weighted by molar-refractivity contribution is 6.30. The molecule has 2 N–H and O–H groups in total. The van der Waals surface area contributed by atoms with Crippen LogP contribution in [0.5, 0.6) is 5.88 Å². The molecular weight excluding hydrogens is 470 g/mol. The predicted octanol–water partition coefficient (Wildman–Crippen LogP) is 4.97. The third-order valence-corrected chi connectivity index (χ3v) is 6.31. The first-order valence-corrected chi connectivity index (χ1v) is 12.1. The van der Waals surface area contributed by atoms with Gasteiger partial charge in [0.2, 0.25) is 17.5 Å². The molecule has 1 fully saturated rings. The lowest BCUT2D eigenvalue weighted by atomic mass is 9.85. The van der Waals surface area contributed by atoms with Crippen LogP contribution in [-0.4, -0.2) is 52.9 Å². The Morgan fingerprint density at radius 3 is 2.49 bits per heavy atom. The van der Waals surface area contributed by atoms with Gasteiger partial charge in [-0.3, -0.25) is 9.59 Å². The molecule has 1 saturated carbocycles. The summed E-state index contributed by atoms with van der Waals surface area (Å²) in [7, 11) is 4.12. The van der Waals surface area contributed by atoms with Gasteiger partial charge in [-0.25, -0.2) is 9.97 Å². The Balaban J connectivity index is 1.63. The number of carbonyl (C=O) groups is 2. The quantitative estimate of drug-likeness (QED) is 0.472. The number of amides is 2. The van der Waals surface area contributed by atoms with Crippen molar-refractivity contribution in [3.05, 3.63) is 41.2 Å². The van der Waals surface area contributed by atoms with Gasteiger partial charge < -0.3 is 24.7 Å². The van der Waals surface area contributed by atoms with E-state index < -0.39 is 5.91 Å². The van der Waals surface area contributed by atoms with Crippen LogP contribution in [0.1, 0.15) is 50.1 Å². The normalized spacial score (nSPS) is 18.1.